The standard InChI is InChI=1S/C16H23N3O3S.ClH/c1-18(2)23(21,22)14-6-4-11-7-8-19(15(11)10-14)16(20)12-3-5-13(17)9-12;/h4,6,10,12-13H,3,5,7-9,17H2,1-2H3;1H. The number of hydrogen-bond acceptors (Lipinski definition) is 4. The number of rotatable bonds is 3. The Kier molecular flexibility index (Phi) is 5.59. The maximum absolute atomic E-state index is 12.8. The van der Waals surface area contributed by atoms with Crippen LogP contribution in [0.2, 0.25) is 0 Å². The number of amides is 1. The van der Waals surface area contributed by atoms with Crippen molar-refractivity contribution in [3.63, 3.8) is 0 Å². The van der Waals surface area contributed by atoms with Gasteiger partial charge in [-0.3, -0.25) is 4.79 Å². The number of nitrogens with two attached hydrogens (primary N) is 1. The maximum Gasteiger partial charge on any atom is 0.242 e. The Bertz CT molecular complexity index is 736. The third-order valence-electron chi connectivity index (χ3n) is 4.82. The zero-order valence-electron chi connectivity index (χ0n) is 13.9. The normalized spacial score (nSPS) is 23.2. The van der Waals surface area contributed by atoms with Crippen molar-refractivity contribution in [1.82, 2.24) is 4.31 Å². The predicted octanol–water partition coefficient (Wildman–Crippen LogP) is 1.38. The van der Waals surface area contributed by atoms with Gasteiger partial charge in [0.25, 0.3) is 0 Å². The van der Waals surface area contributed by atoms with E-state index in [2.05, 4.69) is 0 Å². The number of carbonyl (C=O) groups excluding carboxylic acids is 1. The Morgan fingerprint density at radius 3 is 2.58 bits per heavy atom. The van der Waals surface area contributed by atoms with Crippen molar-refractivity contribution in [3.05, 3.63) is 23.8 Å². The summed E-state index contributed by atoms with van der Waals surface area (Å²) < 4.78 is 25.8. The molecule has 1 fully saturated rings. The van der Waals surface area contributed by atoms with E-state index in [1.807, 2.05) is 6.07 Å². The Hall–Kier alpha value is -1.15. The zero-order chi connectivity index (χ0) is 16.8. The summed E-state index contributed by atoms with van der Waals surface area (Å²) in [6.07, 6.45) is 3.19. The summed E-state index contributed by atoms with van der Waals surface area (Å²) in [4.78, 5) is 14.7. The van der Waals surface area contributed by atoms with Crippen molar-refractivity contribution in [2.24, 2.45) is 11.7 Å². The first-order valence-corrected chi connectivity index (χ1v) is 9.37. The van der Waals surface area contributed by atoms with Gasteiger partial charge in [0.2, 0.25) is 15.9 Å². The summed E-state index contributed by atoms with van der Waals surface area (Å²) >= 11 is 0. The van der Waals surface area contributed by atoms with Crippen molar-refractivity contribution < 1.29 is 13.2 Å². The van der Waals surface area contributed by atoms with Gasteiger partial charge in [0, 0.05) is 38.3 Å². The van der Waals surface area contributed by atoms with Crippen LogP contribution in [-0.4, -0.2) is 45.3 Å². The minimum absolute atomic E-state index is 0. The molecule has 2 N–H and O–H groups in total. The van der Waals surface area contributed by atoms with E-state index >= 15 is 0 Å². The highest BCUT2D eigenvalue weighted by Gasteiger charge is 2.35. The smallest absolute Gasteiger partial charge is 0.242 e. The lowest BCUT2D eigenvalue weighted by atomic mass is 10.1. The molecule has 2 atom stereocenters. The third kappa shape index (κ3) is 3.31. The van der Waals surface area contributed by atoms with E-state index in [0.717, 1.165) is 36.9 Å². The lowest BCUT2D eigenvalue weighted by Gasteiger charge is -2.22. The van der Waals surface area contributed by atoms with Crippen LogP contribution < -0.4 is 10.6 Å². The second-order valence-electron chi connectivity index (χ2n) is 6.59. The number of anilines is 1. The first kappa shape index (κ1) is 19.2. The Morgan fingerprint density at radius 2 is 2.00 bits per heavy atom. The fraction of sp³-hybridized carbons (Fsp3) is 0.562. The summed E-state index contributed by atoms with van der Waals surface area (Å²) in [6, 6.07) is 5.17. The molecule has 2 aliphatic rings. The summed E-state index contributed by atoms with van der Waals surface area (Å²) in [7, 11) is -0.489. The van der Waals surface area contributed by atoms with Crippen molar-refractivity contribution in [3.8, 4) is 0 Å². The van der Waals surface area contributed by atoms with Crippen molar-refractivity contribution in [1.29, 1.82) is 0 Å². The first-order chi connectivity index (χ1) is 10.8. The molecular formula is C16H24ClN3O3S. The molecular weight excluding hydrogens is 350 g/mol. The van der Waals surface area contributed by atoms with Gasteiger partial charge in [-0.05, 0) is 43.4 Å². The summed E-state index contributed by atoms with van der Waals surface area (Å²) in [5.41, 5.74) is 7.68. The van der Waals surface area contributed by atoms with Crippen molar-refractivity contribution in [2.45, 2.75) is 36.6 Å². The van der Waals surface area contributed by atoms with Crippen LogP contribution in [0.15, 0.2) is 23.1 Å². The minimum atomic E-state index is -3.50. The number of nitrogens with zero attached hydrogens (tertiary/aromatic N) is 2. The number of hydrogen-bond donors (Lipinski definition) is 1. The topological polar surface area (TPSA) is 83.7 Å². The summed E-state index contributed by atoms with van der Waals surface area (Å²) in [5, 5.41) is 0. The van der Waals surface area contributed by atoms with Crippen molar-refractivity contribution >= 4 is 34.0 Å². The average molecular weight is 374 g/mol. The molecule has 1 heterocycles. The van der Waals surface area contributed by atoms with Crippen LogP contribution in [0.4, 0.5) is 5.69 Å². The quantitative estimate of drug-likeness (QED) is 0.867. The molecule has 0 aromatic heterocycles. The molecule has 1 saturated carbocycles. The zero-order valence-corrected chi connectivity index (χ0v) is 15.6. The van der Waals surface area contributed by atoms with Crippen LogP contribution in [-0.2, 0) is 21.2 Å². The molecule has 2 unspecified atom stereocenters. The number of sulfonamides is 1. The molecule has 0 radical (unpaired) electrons. The summed E-state index contributed by atoms with van der Waals surface area (Å²) in [6.45, 7) is 0.616. The molecule has 134 valence electrons. The number of fused-ring (bicyclic) bond motifs is 1. The number of halogens is 1. The van der Waals surface area contributed by atoms with Crippen LogP contribution >= 0.6 is 12.4 Å². The van der Waals surface area contributed by atoms with Gasteiger partial charge >= 0.3 is 0 Å². The van der Waals surface area contributed by atoms with Gasteiger partial charge in [-0.1, -0.05) is 6.07 Å². The van der Waals surface area contributed by atoms with Gasteiger partial charge in [0.1, 0.15) is 0 Å². The highest BCUT2D eigenvalue weighted by Crippen LogP contribution is 2.35. The molecule has 8 heteroatoms. The van der Waals surface area contributed by atoms with Gasteiger partial charge in [0.05, 0.1) is 4.90 Å². The molecule has 6 nitrogen and oxygen atoms in total. The fourth-order valence-electron chi connectivity index (χ4n) is 3.42. The van der Waals surface area contributed by atoms with Crippen LogP contribution in [0.1, 0.15) is 24.8 Å². The van der Waals surface area contributed by atoms with Gasteiger partial charge < -0.3 is 10.6 Å². The molecule has 1 aromatic rings. The number of benzene rings is 1. The molecule has 1 aliphatic carbocycles. The average Bonchev–Trinajstić information content (AvgIpc) is 3.11. The Morgan fingerprint density at radius 1 is 1.29 bits per heavy atom. The minimum Gasteiger partial charge on any atom is -0.328 e. The highest BCUT2D eigenvalue weighted by molar-refractivity contribution is 7.89. The molecule has 0 saturated heterocycles. The molecule has 3 rings (SSSR count). The molecule has 1 aliphatic heterocycles. The van der Waals surface area contributed by atoms with Crippen LogP contribution in [0, 0.1) is 5.92 Å². The second kappa shape index (κ2) is 7.00. The van der Waals surface area contributed by atoms with Crippen LogP contribution in [0.25, 0.3) is 0 Å². The lowest BCUT2D eigenvalue weighted by molar-refractivity contribution is -0.122. The van der Waals surface area contributed by atoms with Gasteiger partial charge in [0.15, 0.2) is 0 Å². The van der Waals surface area contributed by atoms with Gasteiger partial charge in [-0.15, -0.1) is 12.4 Å². The van der Waals surface area contributed by atoms with E-state index in [4.69, 9.17) is 5.73 Å². The third-order valence-corrected chi connectivity index (χ3v) is 6.63. The van der Waals surface area contributed by atoms with E-state index in [9.17, 15) is 13.2 Å². The molecule has 0 bridgehead atoms. The Labute approximate surface area is 149 Å². The molecule has 24 heavy (non-hydrogen) atoms. The van der Waals surface area contributed by atoms with Crippen LogP contribution in [0.5, 0.6) is 0 Å². The van der Waals surface area contributed by atoms with E-state index in [1.54, 1.807) is 17.0 Å². The Balaban J connectivity index is 0.00000208. The maximum atomic E-state index is 12.8. The summed E-state index contributed by atoms with van der Waals surface area (Å²) in [5.74, 6) is 0.0427. The molecule has 1 amide bonds. The van der Waals surface area contributed by atoms with E-state index in [1.165, 1.54) is 18.4 Å². The van der Waals surface area contributed by atoms with Crippen molar-refractivity contribution in [2.75, 3.05) is 25.5 Å². The largest absolute Gasteiger partial charge is 0.328 e. The molecule has 0 spiro atoms. The first-order valence-electron chi connectivity index (χ1n) is 7.93. The lowest BCUT2D eigenvalue weighted by Crippen LogP contribution is -2.34. The SMILES string of the molecule is CN(C)S(=O)(=O)c1ccc2c(c1)N(C(=O)C1CCC(N)C1)CC2.Cl. The van der Waals surface area contributed by atoms with Crippen LogP contribution in [0.3, 0.4) is 0 Å². The van der Waals surface area contributed by atoms with Gasteiger partial charge in [-0.25, -0.2) is 12.7 Å². The molecule has 1 aromatic carbocycles. The number of carbonyl (C=O) groups is 1. The highest BCUT2D eigenvalue weighted by atomic mass is 35.5. The monoisotopic (exact) mass is 373 g/mol. The van der Waals surface area contributed by atoms with E-state index in [-0.39, 0.29) is 35.2 Å². The second-order valence-corrected chi connectivity index (χ2v) is 8.74. The fourth-order valence-corrected chi connectivity index (χ4v) is 4.34. The van der Waals surface area contributed by atoms with E-state index in [0.29, 0.717) is 6.54 Å². The van der Waals surface area contributed by atoms with E-state index < -0.39 is 10.0 Å². The predicted molar refractivity (Wildman–Crippen MR) is 95.9 cm³/mol. The van der Waals surface area contributed by atoms with Gasteiger partial charge in [-0.2, -0.15) is 0 Å².